The van der Waals surface area contributed by atoms with Gasteiger partial charge in [-0.05, 0) is 49.2 Å². The second-order valence-electron chi connectivity index (χ2n) is 7.93. The molecule has 1 aliphatic carbocycles. The molecule has 7 nitrogen and oxygen atoms in total. The second-order valence-corrected chi connectivity index (χ2v) is 9.31. The molecule has 32 heavy (non-hydrogen) atoms. The van der Waals surface area contributed by atoms with Crippen LogP contribution in [-0.4, -0.2) is 33.6 Å². The minimum absolute atomic E-state index is 0.0352. The Labute approximate surface area is 193 Å². The molecule has 0 atom stereocenters. The Morgan fingerprint density at radius 3 is 2.81 bits per heavy atom. The zero-order valence-corrected chi connectivity index (χ0v) is 18.7. The number of anilines is 1. The first-order valence-electron chi connectivity index (χ1n) is 10.4. The molecule has 3 aromatic rings. The van der Waals surface area contributed by atoms with E-state index in [9.17, 15) is 14.4 Å². The molecule has 0 saturated heterocycles. The SMILES string of the molecule is O=C1COc2ccc(C(=O)CSc3nc4cc(Cl)ccc4c(=O)n3C3CCCC3)cc2N1. The lowest BCUT2D eigenvalue weighted by molar-refractivity contribution is -0.118. The van der Waals surface area contributed by atoms with E-state index in [1.807, 2.05) is 0 Å². The van der Waals surface area contributed by atoms with Crippen LogP contribution < -0.4 is 15.6 Å². The fourth-order valence-electron chi connectivity index (χ4n) is 4.21. The van der Waals surface area contributed by atoms with Gasteiger partial charge in [-0.2, -0.15) is 0 Å². The average molecular weight is 470 g/mol. The lowest BCUT2D eigenvalue weighted by atomic mass is 10.1. The van der Waals surface area contributed by atoms with Crippen LogP contribution in [0.3, 0.4) is 0 Å². The second kappa shape index (κ2) is 8.60. The Balaban J connectivity index is 1.45. The van der Waals surface area contributed by atoms with Crippen LogP contribution in [0.1, 0.15) is 42.1 Å². The van der Waals surface area contributed by atoms with Gasteiger partial charge in [-0.25, -0.2) is 4.98 Å². The summed E-state index contributed by atoms with van der Waals surface area (Å²) >= 11 is 7.37. The predicted octanol–water partition coefficient (Wildman–Crippen LogP) is 4.47. The summed E-state index contributed by atoms with van der Waals surface area (Å²) in [7, 11) is 0. The summed E-state index contributed by atoms with van der Waals surface area (Å²) in [5.41, 5.74) is 1.38. The van der Waals surface area contributed by atoms with Crippen LogP contribution in [0.25, 0.3) is 10.9 Å². The molecule has 2 heterocycles. The topological polar surface area (TPSA) is 90.3 Å². The summed E-state index contributed by atoms with van der Waals surface area (Å²) in [6.45, 7) is -0.0352. The first-order valence-corrected chi connectivity index (χ1v) is 11.8. The first-order chi connectivity index (χ1) is 15.5. The van der Waals surface area contributed by atoms with Gasteiger partial charge < -0.3 is 10.1 Å². The van der Waals surface area contributed by atoms with Gasteiger partial charge in [0.1, 0.15) is 5.75 Å². The Morgan fingerprint density at radius 2 is 2.00 bits per heavy atom. The molecule has 0 spiro atoms. The number of nitrogens with one attached hydrogen (secondary N) is 1. The van der Waals surface area contributed by atoms with Crippen molar-refractivity contribution in [3.8, 4) is 5.75 Å². The number of aromatic nitrogens is 2. The molecule has 1 fully saturated rings. The summed E-state index contributed by atoms with van der Waals surface area (Å²) in [6.07, 6.45) is 3.99. The molecule has 5 rings (SSSR count). The maximum Gasteiger partial charge on any atom is 0.262 e. The number of benzene rings is 2. The van der Waals surface area contributed by atoms with E-state index in [1.165, 1.54) is 11.8 Å². The molecule has 9 heteroatoms. The molecule has 0 bridgehead atoms. The van der Waals surface area contributed by atoms with Crippen LogP contribution in [0.5, 0.6) is 5.75 Å². The predicted molar refractivity (Wildman–Crippen MR) is 124 cm³/mol. The quantitative estimate of drug-likeness (QED) is 0.337. The standard InChI is InChI=1S/C23H20ClN3O4S/c24-14-6-7-16-17(10-14)26-23(27(22(16)30)15-3-1-2-4-15)32-12-19(28)13-5-8-20-18(9-13)25-21(29)11-31-20/h5-10,15H,1-4,11-12H2,(H,25,29). The van der Waals surface area contributed by atoms with Gasteiger partial charge in [0.05, 0.1) is 22.3 Å². The van der Waals surface area contributed by atoms with Crippen molar-refractivity contribution in [2.75, 3.05) is 17.7 Å². The molecule has 1 aromatic heterocycles. The minimum Gasteiger partial charge on any atom is -0.482 e. The molecule has 2 aliphatic rings. The van der Waals surface area contributed by atoms with E-state index in [2.05, 4.69) is 5.32 Å². The van der Waals surface area contributed by atoms with Gasteiger partial charge in [0, 0.05) is 16.6 Å². The van der Waals surface area contributed by atoms with E-state index in [4.69, 9.17) is 21.3 Å². The van der Waals surface area contributed by atoms with Gasteiger partial charge in [-0.3, -0.25) is 19.0 Å². The Bertz CT molecular complexity index is 1300. The number of carbonyl (C=O) groups excluding carboxylic acids is 2. The number of hydrogen-bond acceptors (Lipinski definition) is 6. The highest BCUT2D eigenvalue weighted by Crippen LogP contribution is 2.33. The average Bonchev–Trinajstić information content (AvgIpc) is 3.31. The van der Waals surface area contributed by atoms with E-state index in [0.717, 1.165) is 25.7 Å². The first kappa shape index (κ1) is 21.0. The van der Waals surface area contributed by atoms with Crippen molar-refractivity contribution >= 4 is 51.6 Å². The lowest BCUT2D eigenvalue weighted by Gasteiger charge is -2.19. The largest absolute Gasteiger partial charge is 0.482 e. The van der Waals surface area contributed by atoms with E-state index in [1.54, 1.807) is 41.0 Å². The molecular weight excluding hydrogens is 450 g/mol. The van der Waals surface area contributed by atoms with Crippen LogP contribution in [0, 0.1) is 0 Å². The van der Waals surface area contributed by atoms with Crippen molar-refractivity contribution in [2.45, 2.75) is 36.9 Å². The van der Waals surface area contributed by atoms with Crippen molar-refractivity contribution in [1.82, 2.24) is 9.55 Å². The highest BCUT2D eigenvalue weighted by atomic mass is 35.5. The van der Waals surface area contributed by atoms with Gasteiger partial charge in [0.2, 0.25) is 0 Å². The summed E-state index contributed by atoms with van der Waals surface area (Å²) in [5.74, 6) is 0.266. The van der Waals surface area contributed by atoms with Crippen LogP contribution in [0.2, 0.25) is 5.02 Å². The summed E-state index contributed by atoms with van der Waals surface area (Å²) < 4.78 is 7.10. The zero-order valence-electron chi connectivity index (χ0n) is 17.1. The van der Waals surface area contributed by atoms with E-state index in [-0.39, 0.29) is 35.7 Å². The van der Waals surface area contributed by atoms with Crippen molar-refractivity contribution in [2.24, 2.45) is 0 Å². The Kier molecular flexibility index (Phi) is 5.65. The Hall–Kier alpha value is -2.84. The van der Waals surface area contributed by atoms with E-state index >= 15 is 0 Å². The molecule has 1 saturated carbocycles. The van der Waals surface area contributed by atoms with Gasteiger partial charge in [0.15, 0.2) is 17.5 Å². The third-order valence-corrected chi connectivity index (χ3v) is 6.98. The molecular formula is C23H20ClN3O4S. The number of hydrogen-bond donors (Lipinski definition) is 1. The van der Waals surface area contributed by atoms with Crippen molar-refractivity contribution in [3.05, 3.63) is 57.3 Å². The fraction of sp³-hybridized carbons (Fsp3) is 0.304. The number of ketones is 1. The van der Waals surface area contributed by atoms with E-state index < -0.39 is 0 Å². The lowest BCUT2D eigenvalue weighted by Crippen LogP contribution is -2.27. The number of fused-ring (bicyclic) bond motifs is 2. The molecule has 1 aliphatic heterocycles. The van der Waals surface area contributed by atoms with Gasteiger partial charge >= 0.3 is 0 Å². The van der Waals surface area contributed by atoms with Crippen LogP contribution in [0.15, 0.2) is 46.3 Å². The summed E-state index contributed by atoms with van der Waals surface area (Å²) in [4.78, 5) is 42.5. The fourth-order valence-corrected chi connectivity index (χ4v) is 5.34. The molecule has 0 radical (unpaired) electrons. The maximum absolute atomic E-state index is 13.3. The number of carbonyl (C=O) groups is 2. The number of rotatable bonds is 5. The van der Waals surface area contributed by atoms with Crippen molar-refractivity contribution < 1.29 is 14.3 Å². The van der Waals surface area contributed by atoms with Crippen LogP contribution in [-0.2, 0) is 4.79 Å². The third-order valence-electron chi connectivity index (χ3n) is 5.79. The monoisotopic (exact) mass is 469 g/mol. The molecule has 1 N–H and O–H groups in total. The number of Topliss-reactive ketones (excluding diaryl/α,β-unsaturated/α-hetero) is 1. The number of ether oxygens (including phenoxy) is 1. The molecule has 0 unspecified atom stereocenters. The molecule has 164 valence electrons. The minimum atomic E-state index is -0.254. The number of nitrogens with zero attached hydrogens (tertiary/aromatic N) is 2. The van der Waals surface area contributed by atoms with Crippen molar-refractivity contribution in [1.29, 1.82) is 0 Å². The molecule has 2 aromatic carbocycles. The Morgan fingerprint density at radius 1 is 1.19 bits per heavy atom. The maximum atomic E-state index is 13.3. The van der Waals surface area contributed by atoms with Gasteiger partial charge in [-0.15, -0.1) is 0 Å². The highest BCUT2D eigenvalue weighted by molar-refractivity contribution is 7.99. The smallest absolute Gasteiger partial charge is 0.262 e. The van der Waals surface area contributed by atoms with Crippen LogP contribution in [0.4, 0.5) is 5.69 Å². The zero-order chi connectivity index (χ0) is 22.2. The number of amides is 1. The summed E-state index contributed by atoms with van der Waals surface area (Å²) in [5, 5.41) is 4.28. The summed E-state index contributed by atoms with van der Waals surface area (Å²) in [6, 6.07) is 10.1. The highest BCUT2D eigenvalue weighted by Gasteiger charge is 2.24. The van der Waals surface area contributed by atoms with Crippen LogP contribution >= 0.6 is 23.4 Å². The molecule has 1 amide bonds. The van der Waals surface area contributed by atoms with Crippen molar-refractivity contribution in [3.63, 3.8) is 0 Å². The number of halogens is 1. The van der Waals surface area contributed by atoms with E-state index in [0.29, 0.717) is 38.1 Å². The van der Waals surface area contributed by atoms with Gasteiger partial charge in [-0.1, -0.05) is 36.2 Å². The third kappa shape index (κ3) is 4.00. The number of thioether (sulfide) groups is 1. The normalized spacial score (nSPS) is 16.0. The van der Waals surface area contributed by atoms with Gasteiger partial charge in [0.25, 0.3) is 11.5 Å².